The smallest absolute Gasteiger partial charge is 0.251 e. The Morgan fingerprint density at radius 2 is 1.88 bits per heavy atom. The van der Waals surface area contributed by atoms with Crippen LogP contribution >= 0.6 is 0 Å². The highest BCUT2D eigenvalue weighted by molar-refractivity contribution is 5.97. The SMILES string of the molecule is COc1ccc(C(=O)NCC(=O)NC2CCCc3c2cnn3Cc2ccccc2)cc1OC. The van der Waals surface area contributed by atoms with E-state index in [1.54, 1.807) is 18.2 Å². The molecule has 0 saturated carbocycles. The lowest BCUT2D eigenvalue weighted by Crippen LogP contribution is -2.39. The summed E-state index contributed by atoms with van der Waals surface area (Å²) in [5.74, 6) is 0.396. The molecule has 0 aliphatic heterocycles. The van der Waals surface area contributed by atoms with Crippen LogP contribution in [0, 0.1) is 0 Å². The summed E-state index contributed by atoms with van der Waals surface area (Å²) in [6, 6.07) is 15.0. The topological polar surface area (TPSA) is 94.5 Å². The van der Waals surface area contributed by atoms with E-state index in [1.807, 2.05) is 29.1 Å². The molecule has 1 aliphatic carbocycles. The van der Waals surface area contributed by atoms with Gasteiger partial charge in [0.2, 0.25) is 5.91 Å². The summed E-state index contributed by atoms with van der Waals surface area (Å²) in [6.07, 6.45) is 4.60. The highest BCUT2D eigenvalue weighted by atomic mass is 16.5. The number of carbonyl (C=O) groups excluding carboxylic acids is 2. The number of nitrogens with zero attached hydrogens (tertiary/aromatic N) is 2. The molecule has 8 nitrogen and oxygen atoms in total. The first-order valence-electron chi connectivity index (χ1n) is 11.0. The normalized spacial score (nSPS) is 14.8. The van der Waals surface area contributed by atoms with E-state index in [9.17, 15) is 9.59 Å². The number of nitrogens with one attached hydrogen (secondary N) is 2. The number of fused-ring (bicyclic) bond motifs is 1. The van der Waals surface area contributed by atoms with Crippen LogP contribution in [0.3, 0.4) is 0 Å². The Balaban J connectivity index is 1.36. The lowest BCUT2D eigenvalue weighted by atomic mass is 9.93. The number of benzene rings is 2. The van der Waals surface area contributed by atoms with Gasteiger partial charge in [0.1, 0.15) is 0 Å². The van der Waals surface area contributed by atoms with Crippen molar-refractivity contribution < 1.29 is 19.1 Å². The maximum absolute atomic E-state index is 12.6. The average Bonchev–Trinajstić information content (AvgIpc) is 3.26. The van der Waals surface area contributed by atoms with Crippen LogP contribution in [-0.2, 0) is 17.8 Å². The van der Waals surface area contributed by atoms with Gasteiger partial charge in [-0.15, -0.1) is 0 Å². The molecule has 2 amide bonds. The number of aromatic nitrogens is 2. The summed E-state index contributed by atoms with van der Waals surface area (Å²) in [5.41, 5.74) is 3.79. The van der Waals surface area contributed by atoms with Crippen molar-refractivity contribution in [2.24, 2.45) is 0 Å². The molecule has 2 aromatic carbocycles. The molecule has 8 heteroatoms. The van der Waals surface area contributed by atoms with E-state index in [2.05, 4.69) is 27.9 Å². The number of hydrogen-bond acceptors (Lipinski definition) is 5. The van der Waals surface area contributed by atoms with Crippen molar-refractivity contribution >= 4 is 11.8 Å². The van der Waals surface area contributed by atoms with Crippen molar-refractivity contribution in [3.63, 3.8) is 0 Å². The zero-order valence-corrected chi connectivity index (χ0v) is 18.8. The molecule has 2 N–H and O–H groups in total. The van der Waals surface area contributed by atoms with Crippen LogP contribution in [0.1, 0.15) is 46.1 Å². The van der Waals surface area contributed by atoms with Crippen molar-refractivity contribution in [1.29, 1.82) is 0 Å². The number of hydrogen-bond donors (Lipinski definition) is 2. The van der Waals surface area contributed by atoms with Crippen LogP contribution in [0.5, 0.6) is 11.5 Å². The first kappa shape index (κ1) is 22.4. The second-order valence-electron chi connectivity index (χ2n) is 7.95. The predicted molar refractivity (Wildman–Crippen MR) is 123 cm³/mol. The summed E-state index contributed by atoms with van der Waals surface area (Å²) in [5, 5.41) is 10.3. The average molecular weight is 449 g/mol. The molecule has 0 saturated heterocycles. The molecule has 0 radical (unpaired) electrons. The summed E-state index contributed by atoms with van der Waals surface area (Å²) in [7, 11) is 3.04. The molecular weight excluding hydrogens is 420 g/mol. The number of amides is 2. The van der Waals surface area contributed by atoms with Gasteiger partial charge in [-0.2, -0.15) is 5.10 Å². The highest BCUT2D eigenvalue weighted by Crippen LogP contribution is 2.30. The Bertz CT molecular complexity index is 1130. The molecule has 1 aromatic heterocycles. The minimum Gasteiger partial charge on any atom is -0.493 e. The third-order valence-electron chi connectivity index (χ3n) is 5.83. The van der Waals surface area contributed by atoms with Crippen molar-refractivity contribution in [2.45, 2.75) is 31.8 Å². The van der Waals surface area contributed by atoms with Gasteiger partial charge >= 0.3 is 0 Å². The van der Waals surface area contributed by atoms with Gasteiger partial charge in [0.15, 0.2) is 11.5 Å². The maximum Gasteiger partial charge on any atom is 0.251 e. The molecule has 0 bridgehead atoms. The zero-order valence-electron chi connectivity index (χ0n) is 18.8. The van der Waals surface area contributed by atoms with Crippen LogP contribution in [0.4, 0.5) is 0 Å². The minimum absolute atomic E-state index is 0.108. The van der Waals surface area contributed by atoms with Gasteiger partial charge in [0, 0.05) is 16.8 Å². The maximum atomic E-state index is 12.6. The van der Waals surface area contributed by atoms with Crippen molar-refractivity contribution in [2.75, 3.05) is 20.8 Å². The first-order chi connectivity index (χ1) is 16.1. The van der Waals surface area contributed by atoms with Crippen LogP contribution in [-0.4, -0.2) is 42.4 Å². The quantitative estimate of drug-likeness (QED) is 0.553. The third kappa shape index (κ3) is 5.16. The van der Waals surface area contributed by atoms with E-state index in [-0.39, 0.29) is 24.4 Å². The molecular formula is C25H28N4O4. The van der Waals surface area contributed by atoms with Gasteiger partial charge in [0.05, 0.1) is 39.5 Å². The third-order valence-corrected chi connectivity index (χ3v) is 5.83. The van der Waals surface area contributed by atoms with E-state index in [0.29, 0.717) is 23.6 Å². The molecule has 0 spiro atoms. The minimum atomic E-state index is -0.355. The van der Waals surface area contributed by atoms with Crippen molar-refractivity contribution in [3.8, 4) is 11.5 Å². The Morgan fingerprint density at radius 1 is 1.09 bits per heavy atom. The van der Waals surface area contributed by atoms with Gasteiger partial charge in [-0.1, -0.05) is 30.3 Å². The first-order valence-corrected chi connectivity index (χ1v) is 11.0. The Labute approximate surface area is 192 Å². The second-order valence-corrected chi connectivity index (χ2v) is 7.95. The van der Waals surface area contributed by atoms with Gasteiger partial charge in [-0.25, -0.2) is 0 Å². The molecule has 172 valence electrons. The molecule has 1 heterocycles. The Kier molecular flexibility index (Phi) is 6.92. The van der Waals surface area contributed by atoms with Crippen LogP contribution in [0.25, 0.3) is 0 Å². The van der Waals surface area contributed by atoms with Gasteiger partial charge in [-0.3, -0.25) is 14.3 Å². The number of ether oxygens (including phenoxy) is 2. The van der Waals surface area contributed by atoms with Crippen LogP contribution in [0.15, 0.2) is 54.7 Å². The molecule has 4 rings (SSSR count). The monoisotopic (exact) mass is 448 g/mol. The number of carbonyl (C=O) groups is 2. The lowest BCUT2D eigenvalue weighted by molar-refractivity contribution is -0.121. The van der Waals surface area contributed by atoms with Gasteiger partial charge in [0.25, 0.3) is 5.91 Å². The second kappa shape index (κ2) is 10.2. The largest absolute Gasteiger partial charge is 0.493 e. The number of rotatable bonds is 8. The van der Waals surface area contributed by atoms with Crippen LogP contribution in [0.2, 0.25) is 0 Å². The van der Waals surface area contributed by atoms with E-state index in [0.717, 1.165) is 30.5 Å². The standard InChI is InChI=1S/C25H28N4O4/c1-32-22-12-11-18(13-23(22)33-2)25(31)26-15-24(30)28-20-9-6-10-21-19(20)14-27-29(21)16-17-7-4-3-5-8-17/h3-5,7-8,11-14,20H,6,9-10,15-16H2,1-2H3,(H,26,31)(H,28,30). The molecule has 1 unspecified atom stereocenters. The van der Waals surface area contributed by atoms with Gasteiger partial charge < -0.3 is 20.1 Å². The highest BCUT2D eigenvalue weighted by Gasteiger charge is 2.25. The molecule has 0 fully saturated rings. The van der Waals surface area contributed by atoms with E-state index in [1.165, 1.54) is 19.8 Å². The zero-order chi connectivity index (χ0) is 23.2. The predicted octanol–water partition coefficient (Wildman–Crippen LogP) is 2.87. The van der Waals surface area contributed by atoms with Crippen molar-refractivity contribution in [3.05, 3.63) is 77.1 Å². The summed E-state index contributed by atoms with van der Waals surface area (Å²) < 4.78 is 12.4. The Morgan fingerprint density at radius 3 is 2.64 bits per heavy atom. The summed E-state index contributed by atoms with van der Waals surface area (Å²) in [4.78, 5) is 25.1. The fraction of sp³-hybridized carbons (Fsp3) is 0.320. The molecule has 33 heavy (non-hydrogen) atoms. The van der Waals surface area contributed by atoms with E-state index >= 15 is 0 Å². The van der Waals surface area contributed by atoms with Crippen molar-refractivity contribution in [1.82, 2.24) is 20.4 Å². The summed E-state index contributed by atoms with van der Waals surface area (Å²) >= 11 is 0. The fourth-order valence-corrected chi connectivity index (χ4v) is 4.15. The molecule has 1 atom stereocenters. The van der Waals surface area contributed by atoms with Gasteiger partial charge in [-0.05, 0) is 43.0 Å². The molecule has 3 aromatic rings. The summed E-state index contributed by atoms with van der Waals surface area (Å²) in [6.45, 7) is 0.593. The van der Waals surface area contributed by atoms with Crippen LogP contribution < -0.4 is 20.1 Å². The van der Waals surface area contributed by atoms with E-state index in [4.69, 9.17) is 9.47 Å². The molecule has 1 aliphatic rings. The fourth-order valence-electron chi connectivity index (χ4n) is 4.15. The lowest BCUT2D eigenvalue weighted by Gasteiger charge is -2.24. The van der Waals surface area contributed by atoms with E-state index < -0.39 is 0 Å². The number of methoxy groups -OCH3 is 2. The Hall–Kier alpha value is -3.81.